The Morgan fingerprint density at radius 1 is 1.71 bits per heavy atom. The van der Waals surface area contributed by atoms with E-state index in [2.05, 4.69) is 9.36 Å². The van der Waals surface area contributed by atoms with Crippen LogP contribution in [0, 0.1) is 0 Å². The Morgan fingerprint density at radius 2 is 2.43 bits per heavy atom. The van der Waals surface area contributed by atoms with Gasteiger partial charge in [0.25, 0.3) is 5.91 Å². The Hall–Kier alpha value is -0.980. The molecule has 1 amide bonds. The molecule has 0 spiro atoms. The van der Waals surface area contributed by atoms with Crippen LogP contribution in [0.1, 0.15) is 6.92 Å². The number of carbonyl (C=O) groups excluding carboxylic acids is 1. The molecule has 0 radical (unpaired) electrons. The highest BCUT2D eigenvalue weighted by Crippen LogP contribution is 2.31. The Labute approximate surface area is 88.8 Å². The van der Waals surface area contributed by atoms with Crippen molar-refractivity contribution < 1.29 is 9.90 Å². The summed E-state index contributed by atoms with van der Waals surface area (Å²) in [7, 11) is 0. The van der Waals surface area contributed by atoms with Crippen molar-refractivity contribution in [3.63, 3.8) is 0 Å². The number of aliphatic hydroxyl groups excluding tert-OH is 1. The highest BCUT2D eigenvalue weighted by Gasteiger charge is 2.37. The van der Waals surface area contributed by atoms with Gasteiger partial charge in [-0.05, 0) is 6.92 Å². The van der Waals surface area contributed by atoms with Crippen molar-refractivity contribution in [1.82, 2.24) is 9.36 Å². The molecule has 0 fully saturated rings. The molecule has 2 rings (SSSR count). The minimum absolute atomic E-state index is 0.0488. The van der Waals surface area contributed by atoms with Crippen LogP contribution in [0.25, 0.3) is 0 Å². The molecule has 0 aromatic carbocycles. The zero-order chi connectivity index (χ0) is 10.3. The first-order chi connectivity index (χ1) is 6.63. The first-order valence-corrected chi connectivity index (χ1v) is 4.92. The summed E-state index contributed by atoms with van der Waals surface area (Å²) in [6, 6.07) is 0. The fourth-order valence-corrected chi connectivity index (χ4v) is 1.90. The lowest BCUT2D eigenvalue weighted by Crippen LogP contribution is -2.34. The number of halogens is 1. The zero-order valence-corrected chi connectivity index (χ0v) is 8.71. The number of nitrogens with zero attached hydrogens (tertiary/aromatic N) is 3. The van der Waals surface area contributed by atoms with Crippen LogP contribution < -0.4 is 4.90 Å². The summed E-state index contributed by atoms with van der Waals surface area (Å²) < 4.78 is 3.75. The molecule has 1 aliphatic rings. The number of anilines is 1. The van der Waals surface area contributed by atoms with Crippen molar-refractivity contribution in [3.05, 3.63) is 16.9 Å². The monoisotopic (exact) mass is 231 g/mol. The standard InChI is InChI=1S/C7H6ClN3O2S/c1-3-4(8)6(13)11(5(3)12)7-9-2-10-14-7/h2,5,12H,1H3. The molecule has 2 heterocycles. The summed E-state index contributed by atoms with van der Waals surface area (Å²) in [4.78, 5) is 16.5. The molecule has 0 aliphatic carbocycles. The van der Waals surface area contributed by atoms with E-state index < -0.39 is 12.1 Å². The predicted octanol–water partition coefficient (Wildman–Crippen LogP) is 0.716. The normalized spacial score (nSPS) is 22.4. The van der Waals surface area contributed by atoms with Gasteiger partial charge in [0.15, 0.2) is 6.23 Å². The lowest BCUT2D eigenvalue weighted by Gasteiger charge is -2.17. The summed E-state index contributed by atoms with van der Waals surface area (Å²) in [5, 5.41) is 10.1. The third-order valence-corrected chi connectivity index (χ3v) is 3.07. The molecule has 1 unspecified atom stereocenters. The zero-order valence-electron chi connectivity index (χ0n) is 7.14. The van der Waals surface area contributed by atoms with Crippen LogP contribution in [-0.4, -0.2) is 26.6 Å². The molecule has 0 saturated heterocycles. The van der Waals surface area contributed by atoms with E-state index in [1.807, 2.05) is 0 Å². The maximum atomic E-state index is 11.5. The Balaban J connectivity index is 2.39. The Bertz CT molecular complexity index is 403. The molecule has 1 aromatic heterocycles. The second kappa shape index (κ2) is 3.30. The van der Waals surface area contributed by atoms with E-state index >= 15 is 0 Å². The van der Waals surface area contributed by atoms with Crippen LogP contribution in [-0.2, 0) is 4.79 Å². The van der Waals surface area contributed by atoms with Crippen molar-refractivity contribution >= 4 is 34.2 Å². The number of hydrogen-bond donors (Lipinski definition) is 1. The second-order valence-electron chi connectivity index (χ2n) is 2.77. The largest absolute Gasteiger partial charge is 0.369 e. The number of rotatable bonds is 1. The van der Waals surface area contributed by atoms with Crippen LogP contribution in [0.5, 0.6) is 0 Å². The topological polar surface area (TPSA) is 66.3 Å². The molecule has 1 atom stereocenters. The van der Waals surface area contributed by atoms with Gasteiger partial charge in [0.05, 0.1) is 0 Å². The van der Waals surface area contributed by atoms with E-state index in [9.17, 15) is 9.90 Å². The first kappa shape index (κ1) is 9.57. The molecular formula is C7H6ClN3O2S. The van der Waals surface area contributed by atoms with Crippen LogP contribution in [0.3, 0.4) is 0 Å². The van der Waals surface area contributed by atoms with Crippen molar-refractivity contribution in [2.75, 3.05) is 4.90 Å². The molecule has 1 aromatic rings. The smallest absolute Gasteiger partial charge is 0.274 e. The van der Waals surface area contributed by atoms with Crippen LogP contribution in [0.2, 0.25) is 0 Å². The maximum Gasteiger partial charge on any atom is 0.274 e. The number of carbonyl (C=O) groups is 1. The Morgan fingerprint density at radius 3 is 2.86 bits per heavy atom. The molecule has 1 N–H and O–H groups in total. The quantitative estimate of drug-likeness (QED) is 0.773. The number of amides is 1. The average Bonchev–Trinajstić information content (AvgIpc) is 2.73. The van der Waals surface area contributed by atoms with Crippen molar-refractivity contribution in [3.8, 4) is 0 Å². The third kappa shape index (κ3) is 1.23. The number of aromatic nitrogens is 2. The van der Waals surface area contributed by atoms with Gasteiger partial charge in [-0.3, -0.25) is 9.69 Å². The Kier molecular flexibility index (Phi) is 2.26. The molecule has 0 bridgehead atoms. The SMILES string of the molecule is CC1=C(Cl)C(=O)N(c2ncns2)C1O. The molecule has 14 heavy (non-hydrogen) atoms. The summed E-state index contributed by atoms with van der Waals surface area (Å²) >= 11 is 6.73. The van der Waals surface area contributed by atoms with Crippen LogP contribution in [0.4, 0.5) is 5.13 Å². The molecule has 5 nitrogen and oxygen atoms in total. The number of aliphatic hydroxyl groups is 1. The van der Waals surface area contributed by atoms with Gasteiger partial charge in [0.2, 0.25) is 5.13 Å². The second-order valence-corrected chi connectivity index (χ2v) is 3.91. The third-order valence-electron chi connectivity index (χ3n) is 1.94. The van der Waals surface area contributed by atoms with Crippen molar-refractivity contribution in [2.45, 2.75) is 13.2 Å². The van der Waals surface area contributed by atoms with Gasteiger partial charge in [-0.2, -0.15) is 4.37 Å². The molecule has 1 aliphatic heterocycles. The van der Waals surface area contributed by atoms with E-state index in [1.54, 1.807) is 6.92 Å². The molecule has 74 valence electrons. The van der Waals surface area contributed by atoms with Gasteiger partial charge in [-0.15, -0.1) is 0 Å². The van der Waals surface area contributed by atoms with Gasteiger partial charge in [0, 0.05) is 17.1 Å². The van der Waals surface area contributed by atoms with Crippen molar-refractivity contribution in [1.29, 1.82) is 0 Å². The fraction of sp³-hybridized carbons (Fsp3) is 0.286. The summed E-state index contributed by atoms with van der Waals surface area (Å²) in [5.41, 5.74) is 0.437. The van der Waals surface area contributed by atoms with E-state index in [4.69, 9.17) is 11.6 Å². The summed E-state index contributed by atoms with van der Waals surface area (Å²) in [5.74, 6) is -0.437. The molecule has 0 saturated carbocycles. The number of hydrogen-bond acceptors (Lipinski definition) is 5. The highest BCUT2D eigenvalue weighted by atomic mass is 35.5. The first-order valence-electron chi connectivity index (χ1n) is 3.77. The van der Waals surface area contributed by atoms with Gasteiger partial charge < -0.3 is 5.11 Å². The van der Waals surface area contributed by atoms with Gasteiger partial charge >= 0.3 is 0 Å². The fourth-order valence-electron chi connectivity index (χ4n) is 1.16. The minimum atomic E-state index is -1.03. The minimum Gasteiger partial charge on any atom is -0.369 e. The van der Waals surface area contributed by atoms with E-state index in [0.29, 0.717) is 10.7 Å². The van der Waals surface area contributed by atoms with Gasteiger partial charge in [-0.25, -0.2) is 4.98 Å². The molecule has 7 heteroatoms. The average molecular weight is 232 g/mol. The highest BCUT2D eigenvalue weighted by molar-refractivity contribution is 7.09. The summed E-state index contributed by atoms with van der Waals surface area (Å²) in [6.45, 7) is 1.60. The van der Waals surface area contributed by atoms with E-state index in [1.165, 1.54) is 6.33 Å². The lowest BCUT2D eigenvalue weighted by atomic mass is 10.3. The predicted molar refractivity (Wildman–Crippen MR) is 52.0 cm³/mol. The van der Waals surface area contributed by atoms with Crippen LogP contribution in [0.15, 0.2) is 16.9 Å². The van der Waals surface area contributed by atoms with Gasteiger partial charge in [0.1, 0.15) is 11.4 Å². The van der Waals surface area contributed by atoms with E-state index in [-0.39, 0.29) is 5.03 Å². The lowest BCUT2D eigenvalue weighted by molar-refractivity contribution is -0.115. The maximum absolute atomic E-state index is 11.5. The van der Waals surface area contributed by atoms with Gasteiger partial charge in [-0.1, -0.05) is 11.6 Å². The van der Waals surface area contributed by atoms with E-state index in [0.717, 1.165) is 16.4 Å². The van der Waals surface area contributed by atoms with Crippen molar-refractivity contribution in [2.24, 2.45) is 0 Å². The molecular weight excluding hydrogens is 226 g/mol. The van der Waals surface area contributed by atoms with Crippen LogP contribution >= 0.6 is 23.1 Å². The summed E-state index contributed by atoms with van der Waals surface area (Å²) in [6.07, 6.45) is 0.296.